The molecule has 0 saturated carbocycles. The zero-order valence-electron chi connectivity index (χ0n) is 9.50. The van der Waals surface area contributed by atoms with Gasteiger partial charge in [-0.3, -0.25) is 9.00 Å². The van der Waals surface area contributed by atoms with Gasteiger partial charge in [-0.25, -0.2) is 4.39 Å². The number of halogens is 2. The fourth-order valence-corrected chi connectivity index (χ4v) is 2.16. The van der Waals surface area contributed by atoms with Crippen molar-refractivity contribution in [2.75, 3.05) is 12.8 Å². The van der Waals surface area contributed by atoms with Gasteiger partial charge < -0.3 is 5.32 Å². The molecule has 1 amide bonds. The maximum absolute atomic E-state index is 12.9. The highest BCUT2D eigenvalue weighted by Gasteiger charge is 2.12. The second-order valence-corrected chi connectivity index (χ2v) is 6.61. The van der Waals surface area contributed by atoms with Gasteiger partial charge in [-0.2, -0.15) is 0 Å². The maximum atomic E-state index is 12.9. The molecule has 0 saturated heterocycles. The van der Waals surface area contributed by atoms with Crippen LogP contribution in [0.5, 0.6) is 0 Å². The summed E-state index contributed by atoms with van der Waals surface area (Å²) in [4.78, 5) is 11.8. The van der Waals surface area contributed by atoms with Crippen molar-refractivity contribution in [1.82, 2.24) is 5.32 Å². The first kappa shape index (κ1) is 14.6. The molecule has 1 rings (SSSR count). The van der Waals surface area contributed by atoms with E-state index in [4.69, 9.17) is 0 Å². The van der Waals surface area contributed by atoms with Crippen LogP contribution in [0.3, 0.4) is 0 Å². The Labute approximate surface area is 116 Å². The summed E-state index contributed by atoms with van der Waals surface area (Å²) < 4.78 is 24.5. The summed E-state index contributed by atoms with van der Waals surface area (Å²) in [5.41, 5.74) is 0.432. The van der Waals surface area contributed by atoms with Crippen molar-refractivity contribution < 1.29 is 13.4 Å². The first-order valence-corrected chi connectivity index (χ1v) is 7.67. The monoisotopic (exact) mass is 369 g/mol. The molecule has 2 unspecified atom stereocenters. The van der Waals surface area contributed by atoms with E-state index >= 15 is 0 Å². The molecule has 1 aromatic carbocycles. The predicted molar refractivity (Wildman–Crippen MR) is 75.0 cm³/mol. The number of rotatable bonds is 4. The topological polar surface area (TPSA) is 46.2 Å². The lowest BCUT2D eigenvalue weighted by Crippen LogP contribution is -2.33. The van der Waals surface area contributed by atoms with Crippen LogP contribution in [0.15, 0.2) is 18.2 Å². The van der Waals surface area contributed by atoms with E-state index in [-0.39, 0.29) is 17.0 Å². The molecule has 0 bridgehead atoms. The second kappa shape index (κ2) is 6.44. The third-order valence-corrected chi connectivity index (χ3v) is 4.48. The van der Waals surface area contributed by atoms with Crippen LogP contribution in [0.25, 0.3) is 0 Å². The Hall–Kier alpha value is -0.500. The van der Waals surface area contributed by atoms with Gasteiger partial charge >= 0.3 is 0 Å². The lowest BCUT2D eigenvalue weighted by molar-refractivity contribution is 0.0953. The van der Waals surface area contributed by atoms with Crippen molar-refractivity contribution >= 4 is 39.3 Å². The molecule has 0 aliphatic heterocycles. The third-order valence-electron chi connectivity index (χ3n) is 2.29. The maximum Gasteiger partial charge on any atom is 0.252 e. The van der Waals surface area contributed by atoms with Crippen molar-refractivity contribution in [3.05, 3.63) is 33.1 Å². The van der Waals surface area contributed by atoms with E-state index in [9.17, 15) is 13.4 Å². The number of carbonyl (C=O) groups excluding carboxylic acids is 1. The smallest absolute Gasteiger partial charge is 0.252 e. The van der Waals surface area contributed by atoms with Crippen molar-refractivity contribution in [3.63, 3.8) is 0 Å². The zero-order valence-corrected chi connectivity index (χ0v) is 12.5. The minimum Gasteiger partial charge on any atom is -0.351 e. The van der Waals surface area contributed by atoms with Gasteiger partial charge in [-0.05, 0) is 47.7 Å². The Kier molecular flexibility index (Phi) is 5.51. The lowest BCUT2D eigenvalue weighted by Gasteiger charge is -2.10. The Balaban J connectivity index is 2.67. The molecule has 0 heterocycles. The molecule has 17 heavy (non-hydrogen) atoms. The Morgan fingerprint density at radius 1 is 1.59 bits per heavy atom. The predicted octanol–water partition coefficient (Wildman–Crippen LogP) is 1.93. The van der Waals surface area contributed by atoms with E-state index < -0.39 is 10.8 Å². The molecule has 1 aromatic rings. The highest BCUT2D eigenvalue weighted by Crippen LogP contribution is 2.13. The SMILES string of the molecule is CC(CNC(=O)c1ccc(F)cc1I)S(C)=O. The molecule has 0 fully saturated rings. The van der Waals surface area contributed by atoms with Crippen LogP contribution in [0.4, 0.5) is 4.39 Å². The number of amides is 1. The Morgan fingerprint density at radius 2 is 2.24 bits per heavy atom. The van der Waals surface area contributed by atoms with Gasteiger partial charge in [0.25, 0.3) is 5.91 Å². The summed E-state index contributed by atoms with van der Waals surface area (Å²) >= 11 is 1.91. The fraction of sp³-hybridized carbons (Fsp3) is 0.364. The summed E-state index contributed by atoms with van der Waals surface area (Å²) in [5.74, 6) is -0.638. The zero-order chi connectivity index (χ0) is 13.0. The quantitative estimate of drug-likeness (QED) is 0.825. The van der Waals surface area contributed by atoms with E-state index in [1.165, 1.54) is 18.2 Å². The molecular formula is C11H13FINO2S. The van der Waals surface area contributed by atoms with E-state index in [1.807, 2.05) is 22.6 Å². The van der Waals surface area contributed by atoms with Crippen LogP contribution in [0.2, 0.25) is 0 Å². The summed E-state index contributed by atoms with van der Waals surface area (Å²) in [6, 6.07) is 4.00. The van der Waals surface area contributed by atoms with E-state index in [0.29, 0.717) is 15.7 Å². The molecule has 0 aliphatic carbocycles. The van der Waals surface area contributed by atoms with Gasteiger partial charge in [0.05, 0.1) is 5.56 Å². The second-order valence-electron chi connectivity index (χ2n) is 3.64. The molecule has 0 aromatic heterocycles. The normalized spacial score (nSPS) is 14.1. The van der Waals surface area contributed by atoms with Crippen molar-refractivity contribution in [2.24, 2.45) is 0 Å². The van der Waals surface area contributed by atoms with Gasteiger partial charge in [0.1, 0.15) is 5.82 Å². The number of nitrogens with one attached hydrogen (secondary N) is 1. The Morgan fingerprint density at radius 3 is 2.76 bits per heavy atom. The van der Waals surface area contributed by atoms with Crippen LogP contribution >= 0.6 is 22.6 Å². The number of carbonyl (C=O) groups is 1. The van der Waals surface area contributed by atoms with Crippen molar-refractivity contribution in [3.8, 4) is 0 Å². The molecule has 94 valence electrons. The molecular weight excluding hydrogens is 356 g/mol. The average molecular weight is 369 g/mol. The minimum absolute atomic E-state index is 0.0999. The lowest BCUT2D eigenvalue weighted by atomic mass is 10.2. The van der Waals surface area contributed by atoms with Crippen LogP contribution < -0.4 is 5.32 Å². The van der Waals surface area contributed by atoms with E-state index in [1.54, 1.807) is 13.2 Å². The minimum atomic E-state index is -0.969. The van der Waals surface area contributed by atoms with E-state index in [0.717, 1.165) is 0 Å². The van der Waals surface area contributed by atoms with Gasteiger partial charge in [0.2, 0.25) is 0 Å². The van der Waals surface area contributed by atoms with E-state index in [2.05, 4.69) is 5.32 Å². The largest absolute Gasteiger partial charge is 0.351 e. The van der Waals surface area contributed by atoms with Crippen LogP contribution in [-0.2, 0) is 10.8 Å². The van der Waals surface area contributed by atoms with Gasteiger partial charge in [0, 0.05) is 32.4 Å². The van der Waals surface area contributed by atoms with Gasteiger partial charge in [0.15, 0.2) is 0 Å². The molecule has 6 heteroatoms. The fourth-order valence-electron chi connectivity index (χ4n) is 1.12. The standard InChI is InChI=1S/C11H13FINO2S/c1-7(17(2)16)6-14-11(15)9-4-3-8(12)5-10(9)13/h3-5,7H,6H2,1-2H3,(H,14,15). The average Bonchev–Trinajstić information content (AvgIpc) is 2.25. The molecule has 0 radical (unpaired) electrons. The van der Waals surface area contributed by atoms with Crippen LogP contribution in [0.1, 0.15) is 17.3 Å². The summed E-state index contributed by atoms with van der Waals surface area (Å²) in [5, 5.41) is 2.58. The number of hydrogen-bond acceptors (Lipinski definition) is 2. The van der Waals surface area contributed by atoms with Crippen LogP contribution in [-0.4, -0.2) is 28.2 Å². The Bertz CT molecular complexity index is 453. The first-order chi connectivity index (χ1) is 7.91. The van der Waals surface area contributed by atoms with Gasteiger partial charge in [-0.1, -0.05) is 0 Å². The number of hydrogen-bond donors (Lipinski definition) is 1. The highest BCUT2D eigenvalue weighted by atomic mass is 127. The molecule has 1 N–H and O–H groups in total. The summed E-state index contributed by atoms with van der Waals surface area (Å²) in [6.45, 7) is 2.14. The third kappa shape index (κ3) is 4.34. The van der Waals surface area contributed by atoms with Crippen molar-refractivity contribution in [1.29, 1.82) is 0 Å². The molecule has 0 aliphatic rings. The summed E-state index contributed by atoms with van der Waals surface area (Å²) in [7, 11) is -0.969. The highest BCUT2D eigenvalue weighted by molar-refractivity contribution is 14.1. The number of benzene rings is 1. The molecule has 3 nitrogen and oxygen atoms in total. The van der Waals surface area contributed by atoms with Crippen molar-refractivity contribution in [2.45, 2.75) is 12.2 Å². The molecule has 2 atom stereocenters. The molecule has 0 spiro atoms. The van der Waals surface area contributed by atoms with Gasteiger partial charge in [-0.15, -0.1) is 0 Å². The first-order valence-electron chi connectivity index (χ1n) is 4.97. The summed E-state index contributed by atoms with van der Waals surface area (Å²) in [6.07, 6.45) is 1.60. The van der Waals surface area contributed by atoms with Crippen LogP contribution in [0, 0.1) is 9.39 Å².